The van der Waals surface area contributed by atoms with E-state index >= 15 is 0 Å². The van der Waals surface area contributed by atoms with Gasteiger partial charge in [-0.05, 0) is 26.3 Å². The van der Waals surface area contributed by atoms with Gasteiger partial charge in [-0.3, -0.25) is 4.79 Å². The van der Waals surface area contributed by atoms with Gasteiger partial charge in [0.2, 0.25) is 5.91 Å². The maximum absolute atomic E-state index is 12.9. The van der Waals surface area contributed by atoms with Crippen molar-refractivity contribution in [3.8, 4) is 0 Å². The number of carbonyl (C=O) groups is 2. The summed E-state index contributed by atoms with van der Waals surface area (Å²) in [7, 11) is 0. The van der Waals surface area contributed by atoms with Crippen LogP contribution in [0.4, 0.5) is 0 Å². The Hall–Kier alpha value is -0.750. The second-order valence-corrected chi connectivity index (χ2v) is 6.81. The largest absolute Gasteiger partial charge is 0.480 e. The summed E-state index contributed by atoms with van der Waals surface area (Å²) in [4.78, 5) is 25.8. The van der Waals surface area contributed by atoms with Crippen molar-refractivity contribution in [3.63, 3.8) is 0 Å². The normalized spacial score (nSPS) is 34.7. The number of thioether (sulfide) groups is 1. The summed E-state index contributed by atoms with van der Waals surface area (Å²) < 4.78 is 0. The van der Waals surface area contributed by atoms with Crippen molar-refractivity contribution in [2.45, 2.75) is 44.5 Å². The minimum absolute atomic E-state index is 0.0317. The first-order chi connectivity index (χ1) is 9.02. The first kappa shape index (κ1) is 14.7. The molecule has 0 spiro atoms. The van der Waals surface area contributed by atoms with Crippen LogP contribution in [0.2, 0.25) is 0 Å². The van der Waals surface area contributed by atoms with Crippen LogP contribution >= 0.6 is 11.8 Å². The lowest BCUT2D eigenvalue weighted by Gasteiger charge is -2.35. The Kier molecular flexibility index (Phi) is 4.40. The van der Waals surface area contributed by atoms with Crippen molar-refractivity contribution in [2.24, 2.45) is 5.41 Å². The van der Waals surface area contributed by atoms with E-state index in [1.54, 1.807) is 16.7 Å². The van der Waals surface area contributed by atoms with Crippen LogP contribution in [-0.4, -0.2) is 52.1 Å². The second kappa shape index (κ2) is 5.71. The number of hydrogen-bond acceptors (Lipinski definition) is 4. The van der Waals surface area contributed by atoms with E-state index in [2.05, 4.69) is 12.2 Å². The highest BCUT2D eigenvalue weighted by Gasteiger charge is 2.49. The summed E-state index contributed by atoms with van der Waals surface area (Å²) in [6, 6.07) is -0.665. The molecule has 1 amide bonds. The highest BCUT2D eigenvalue weighted by Crippen LogP contribution is 2.38. The van der Waals surface area contributed by atoms with E-state index < -0.39 is 12.0 Å². The van der Waals surface area contributed by atoms with Crippen LogP contribution in [0.3, 0.4) is 0 Å². The lowest BCUT2D eigenvalue weighted by molar-refractivity contribution is -0.154. The first-order valence-corrected chi connectivity index (χ1v) is 7.94. The third kappa shape index (κ3) is 2.60. The molecule has 0 aliphatic carbocycles. The standard InChI is InChI=1S/C13H22N2O3S/c1-3-4-13(5-6-14-8-13)12(18)15-9(2)19-7-10(15)11(16)17/h9-10,14H,3-8H2,1-2H3,(H,16,17). The van der Waals surface area contributed by atoms with Crippen molar-refractivity contribution in [2.75, 3.05) is 18.8 Å². The molecule has 0 radical (unpaired) electrons. The van der Waals surface area contributed by atoms with E-state index in [9.17, 15) is 14.7 Å². The fourth-order valence-corrected chi connectivity index (χ4v) is 4.31. The van der Waals surface area contributed by atoms with Gasteiger partial charge in [0.1, 0.15) is 6.04 Å². The molecule has 5 nitrogen and oxygen atoms in total. The highest BCUT2D eigenvalue weighted by atomic mass is 32.2. The van der Waals surface area contributed by atoms with Crippen LogP contribution < -0.4 is 5.32 Å². The summed E-state index contributed by atoms with van der Waals surface area (Å²) >= 11 is 1.55. The molecule has 108 valence electrons. The molecule has 3 atom stereocenters. The molecular weight excluding hydrogens is 264 g/mol. The first-order valence-electron chi connectivity index (χ1n) is 6.90. The van der Waals surface area contributed by atoms with Crippen LogP contribution in [-0.2, 0) is 9.59 Å². The monoisotopic (exact) mass is 286 g/mol. The number of nitrogens with zero attached hydrogens (tertiary/aromatic N) is 1. The van der Waals surface area contributed by atoms with Crippen molar-refractivity contribution in [1.29, 1.82) is 0 Å². The van der Waals surface area contributed by atoms with Crippen molar-refractivity contribution < 1.29 is 14.7 Å². The molecule has 0 aromatic rings. The van der Waals surface area contributed by atoms with Crippen molar-refractivity contribution >= 4 is 23.6 Å². The molecule has 3 unspecified atom stereocenters. The number of carboxylic acid groups (broad SMARTS) is 1. The second-order valence-electron chi connectivity index (χ2n) is 5.46. The predicted octanol–water partition coefficient (Wildman–Crippen LogP) is 1.14. The Labute approximate surface area is 118 Å². The number of carbonyl (C=O) groups excluding carboxylic acids is 1. The molecule has 2 heterocycles. The van der Waals surface area contributed by atoms with Gasteiger partial charge in [0.05, 0.1) is 10.8 Å². The van der Waals surface area contributed by atoms with Crippen LogP contribution in [0, 0.1) is 5.41 Å². The summed E-state index contributed by atoms with van der Waals surface area (Å²) in [6.07, 6.45) is 2.60. The highest BCUT2D eigenvalue weighted by molar-refractivity contribution is 8.00. The van der Waals surface area contributed by atoms with Crippen molar-refractivity contribution in [3.05, 3.63) is 0 Å². The van der Waals surface area contributed by atoms with Gasteiger partial charge in [-0.1, -0.05) is 13.3 Å². The number of amides is 1. The molecule has 0 aromatic heterocycles. The number of hydrogen-bond donors (Lipinski definition) is 2. The van der Waals surface area contributed by atoms with E-state index in [4.69, 9.17) is 0 Å². The van der Waals surface area contributed by atoms with E-state index in [-0.39, 0.29) is 16.7 Å². The third-order valence-corrected chi connectivity index (χ3v) is 5.39. The van der Waals surface area contributed by atoms with Gasteiger partial charge in [-0.2, -0.15) is 0 Å². The lowest BCUT2D eigenvalue weighted by Crippen LogP contribution is -2.52. The maximum atomic E-state index is 12.9. The van der Waals surface area contributed by atoms with E-state index in [0.717, 1.165) is 25.8 Å². The zero-order valence-corrected chi connectivity index (χ0v) is 12.3. The Morgan fingerprint density at radius 3 is 2.79 bits per heavy atom. The molecule has 2 aliphatic heterocycles. The van der Waals surface area contributed by atoms with E-state index in [1.807, 2.05) is 6.92 Å². The van der Waals surface area contributed by atoms with E-state index in [1.165, 1.54) is 0 Å². The molecule has 0 bridgehead atoms. The van der Waals surface area contributed by atoms with E-state index in [0.29, 0.717) is 12.3 Å². The van der Waals surface area contributed by atoms with Crippen LogP contribution in [0.25, 0.3) is 0 Å². The number of carboxylic acids is 1. The molecular formula is C13H22N2O3S. The summed E-state index contributed by atoms with van der Waals surface area (Å²) in [6.45, 7) is 5.52. The molecule has 2 aliphatic rings. The van der Waals surface area contributed by atoms with Crippen LogP contribution in [0.1, 0.15) is 33.1 Å². The summed E-state index contributed by atoms with van der Waals surface area (Å²) in [5.41, 5.74) is -0.387. The quantitative estimate of drug-likeness (QED) is 0.811. The molecule has 2 N–H and O–H groups in total. The Morgan fingerprint density at radius 2 is 2.26 bits per heavy atom. The fourth-order valence-electron chi connectivity index (χ4n) is 3.14. The van der Waals surface area contributed by atoms with Crippen molar-refractivity contribution in [1.82, 2.24) is 10.2 Å². The SMILES string of the molecule is CCCC1(C(=O)N2C(C)SCC2C(=O)O)CCNC1. The van der Waals surface area contributed by atoms with Gasteiger partial charge < -0.3 is 15.3 Å². The van der Waals surface area contributed by atoms with Gasteiger partial charge in [-0.15, -0.1) is 11.8 Å². The smallest absolute Gasteiger partial charge is 0.327 e. The minimum Gasteiger partial charge on any atom is -0.480 e. The number of rotatable bonds is 4. The predicted molar refractivity (Wildman–Crippen MR) is 75.0 cm³/mol. The average Bonchev–Trinajstić information content (AvgIpc) is 2.96. The van der Waals surface area contributed by atoms with Gasteiger partial charge >= 0.3 is 5.97 Å². The molecule has 2 rings (SSSR count). The summed E-state index contributed by atoms with van der Waals surface area (Å²) in [5, 5.41) is 12.5. The molecule has 6 heteroatoms. The third-order valence-electron chi connectivity index (χ3n) is 4.17. The molecule has 2 saturated heterocycles. The molecule has 0 aromatic carbocycles. The fraction of sp³-hybridized carbons (Fsp3) is 0.846. The van der Waals surface area contributed by atoms with Crippen LogP contribution in [0.15, 0.2) is 0 Å². The zero-order valence-electron chi connectivity index (χ0n) is 11.5. The zero-order chi connectivity index (χ0) is 14.0. The number of nitrogens with one attached hydrogen (secondary N) is 1. The van der Waals surface area contributed by atoms with Gasteiger partial charge in [-0.25, -0.2) is 4.79 Å². The Balaban J connectivity index is 2.22. The summed E-state index contributed by atoms with van der Waals surface area (Å²) in [5.74, 6) is -0.357. The van der Waals surface area contributed by atoms with Crippen LogP contribution in [0.5, 0.6) is 0 Å². The van der Waals surface area contributed by atoms with Gasteiger partial charge in [0.15, 0.2) is 0 Å². The number of aliphatic carboxylic acids is 1. The van der Waals surface area contributed by atoms with Gasteiger partial charge in [0, 0.05) is 12.3 Å². The topological polar surface area (TPSA) is 69.6 Å². The maximum Gasteiger partial charge on any atom is 0.327 e. The Morgan fingerprint density at radius 1 is 1.53 bits per heavy atom. The molecule has 2 fully saturated rings. The molecule has 19 heavy (non-hydrogen) atoms. The lowest BCUT2D eigenvalue weighted by atomic mass is 9.80. The van der Waals surface area contributed by atoms with Gasteiger partial charge in [0.25, 0.3) is 0 Å². The average molecular weight is 286 g/mol. The minimum atomic E-state index is -0.886. The Bertz CT molecular complexity index is 369. The molecule has 0 saturated carbocycles.